The molecule has 1 atom stereocenters. The molecule has 2 heterocycles. The SMILES string of the molecule is CCOC(=O)c1ccccc1Nc1ncc(C(=O)NCC2CCCO2)cn1. The minimum absolute atomic E-state index is 0.0789. The fraction of sp³-hybridized carbons (Fsp3) is 0.368. The summed E-state index contributed by atoms with van der Waals surface area (Å²) in [5, 5.41) is 5.80. The number of para-hydroxylation sites is 1. The van der Waals surface area contributed by atoms with Crippen molar-refractivity contribution >= 4 is 23.5 Å². The summed E-state index contributed by atoms with van der Waals surface area (Å²) in [6, 6.07) is 6.93. The van der Waals surface area contributed by atoms with Gasteiger partial charge in [0.15, 0.2) is 0 Å². The first-order valence-electron chi connectivity index (χ1n) is 8.92. The van der Waals surface area contributed by atoms with E-state index in [-0.39, 0.29) is 18.0 Å². The smallest absolute Gasteiger partial charge is 0.340 e. The monoisotopic (exact) mass is 370 g/mol. The van der Waals surface area contributed by atoms with E-state index in [0.29, 0.717) is 30.0 Å². The molecule has 1 fully saturated rings. The number of hydrogen-bond donors (Lipinski definition) is 2. The van der Waals surface area contributed by atoms with Gasteiger partial charge in [-0.2, -0.15) is 0 Å². The maximum Gasteiger partial charge on any atom is 0.340 e. The maximum atomic E-state index is 12.2. The Morgan fingerprint density at radius 2 is 2.04 bits per heavy atom. The van der Waals surface area contributed by atoms with E-state index in [1.165, 1.54) is 12.4 Å². The van der Waals surface area contributed by atoms with Gasteiger partial charge in [-0.25, -0.2) is 14.8 Å². The van der Waals surface area contributed by atoms with Crippen molar-refractivity contribution in [2.75, 3.05) is 25.1 Å². The minimum atomic E-state index is -0.425. The topological polar surface area (TPSA) is 102 Å². The summed E-state index contributed by atoms with van der Waals surface area (Å²) in [4.78, 5) is 32.5. The van der Waals surface area contributed by atoms with Crippen LogP contribution in [0.25, 0.3) is 0 Å². The lowest BCUT2D eigenvalue weighted by Gasteiger charge is -2.11. The number of aromatic nitrogens is 2. The summed E-state index contributed by atoms with van der Waals surface area (Å²) in [6.07, 6.45) is 4.94. The first kappa shape index (κ1) is 18.8. The van der Waals surface area contributed by atoms with Crippen molar-refractivity contribution < 1.29 is 19.1 Å². The summed E-state index contributed by atoms with van der Waals surface area (Å²) in [5.74, 6) is -0.392. The highest BCUT2D eigenvalue weighted by atomic mass is 16.5. The van der Waals surface area contributed by atoms with Crippen LogP contribution in [0.3, 0.4) is 0 Å². The van der Waals surface area contributed by atoms with E-state index in [2.05, 4.69) is 20.6 Å². The van der Waals surface area contributed by atoms with Crippen molar-refractivity contribution in [3.05, 3.63) is 47.8 Å². The van der Waals surface area contributed by atoms with Crippen molar-refractivity contribution in [2.45, 2.75) is 25.9 Å². The number of esters is 1. The Kier molecular flexibility index (Phi) is 6.32. The first-order valence-corrected chi connectivity index (χ1v) is 8.92. The number of amides is 1. The first-order chi connectivity index (χ1) is 13.2. The Hall–Kier alpha value is -3.00. The van der Waals surface area contributed by atoms with Crippen molar-refractivity contribution in [1.82, 2.24) is 15.3 Å². The average Bonchev–Trinajstić information content (AvgIpc) is 3.21. The predicted molar refractivity (Wildman–Crippen MR) is 99.0 cm³/mol. The second-order valence-electron chi connectivity index (χ2n) is 6.03. The minimum Gasteiger partial charge on any atom is -0.462 e. The Morgan fingerprint density at radius 3 is 2.74 bits per heavy atom. The number of benzene rings is 1. The van der Waals surface area contributed by atoms with E-state index in [1.807, 2.05) is 0 Å². The fourth-order valence-electron chi connectivity index (χ4n) is 2.72. The molecule has 0 radical (unpaired) electrons. The predicted octanol–water partition coefficient (Wildman–Crippen LogP) is 2.31. The van der Waals surface area contributed by atoms with Gasteiger partial charge in [-0.3, -0.25) is 4.79 Å². The molecule has 0 bridgehead atoms. The molecule has 0 aliphatic carbocycles. The summed E-state index contributed by atoms with van der Waals surface area (Å²) < 4.78 is 10.5. The standard InChI is InChI=1S/C19H22N4O4/c1-2-26-18(25)15-7-3-4-8-16(15)23-19-21-10-13(11-22-19)17(24)20-12-14-6-5-9-27-14/h3-4,7-8,10-11,14H,2,5-6,9,12H2,1H3,(H,20,24)(H,21,22,23). The number of hydrogen-bond acceptors (Lipinski definition) is 7. The maximum absolute atomic E-state index is 12.2. The third-order valence-corrected chi connectivity index (χ3v) is 4.10. The molecular weight excluding hydrogens is 348 g/mol. The fourth-order valence-corrected chi connectivity index (χ4v) is 2.72. The number of anilines is 2. The molecule has 1 aliphatic rings. The number of ether oxygens (including phenoxy) is 2. The highest BCUT2D eigenvalue weighted by Gasteiger charge is 2.17. The molecule has 8 heteroatoms. The van der Waals surface area contributed by atoms with Gasteiger partial charge in [0.2, 0.25) is 5.95 Å². The van der Waals surface area contributed by atoms with Crippen LogP contribution in [0, 0.1) is 0 Å². The van der Waals surface area contributed by atoms with Gasteiger partial charge in [-0.15, -0.1) is 0 Å². The molecule has 2 aromatic rings. The zero-order valence-electron chi connectivity index (χ0n) is 15.1. The highest BCUT2D eigenvalue weighted by molar-refractivity contribution is 5.96. The largest absolute Gasteiger partial charge is 0.462 e. The highest BCUT2D eigenvalue weighted by Crippen LogP contribution is 2.19. The number of rotatable bonds is 7. The van der Waals surface area contributed by atoms with Gasteiger partial charge in [0, 0.05) is 25.5 Å². The van der Waals surface area contributed by atoms with Crippen LogP contribution in [0.5, 0.6) is 0 Å². The third-order valence-electron chi connectivity index (χ3n) is 4.10. The normalized spacial score (nSPS) is 16.0. The van der Waals surface area contributed by atoms with Gasteiger partial charge in [-0.1, -0.05) is 12.1 Å². The zero-order valence-corrected chi connectivity index (χ0v) is 15.1. The zero-order chi connectivity index (χ0) is 19.1. The Balaban J connectivity index is 1.62. The lowest BCUT2D eigenvalue weighted by atomic mass is 10.2. The lowest BCUT2D eigenvalue weighted by Crippen LogP contribution is -2.31. The van der Waals surface area contributed by atoms with Crippen molar-refractivity contribution in [3.8, 4) is 0 Å². The van der Waals surface area contributed by atoms with Gasteiger partial charge in [-0.05, 0) is 31.9 Å². The van der Waals surface area contributed by atoms with Gasteiger partial charge in [0.25, 0.3) is 5.91 Å². The van der Waals surface area contributed by atoms with Gasteiger partial charge in [0.05, 0.1) is 29.5 Å². The van der Waals surface area contributed by atoms with Crippen LogP contribution < -0.4 is 10.6 Å². The van der Waals surface area contributed by atoms with Crippen molar-refractivity contribution in [3.63, 3.8) is 0 Å². The van der Waals surface area contributed by atoms with E-state index in [0.717, 1.165) is 19.4 Å². The van der Waals surface area contributed by atoms with Gasteiger partial charge in [0.1, 0.15) is 0 Å². The van der Waals surface area contributed by atoms with Crippen molar-refractivity contribution in [1.29, 1.82) is 0 Å². The van der Waals surface area contributed by atoms with E-state index >= 15 is 0 Å². The summed E-state index contributed by atoms with van der Waals surface area (Å²) >= 11 is 0. The molecule has 1 amide bonds. The molecule has 1 aromatic heterocycles. The summed E-state index contributed by atoms with van der Waals surface area (Å²) in [7, 11) is 0. The van der Waals surface area contributed by atoms with Crippen LogP contribution in [-0.2, 0) is 9.47 Å². The van der Waals surface area contributed by atoms with Crippen LogP contribution in [0.2, 0.25) is 0 Å². The number of nitrogens with zero attached hydrogens (tertiary/aromatic N) is 2. The molecule has 1 aromatic carbocycles. The Morgan fingerprint density at radius 1 is 1.26 bits per heavy atom. The van der Waals surface area contributed by atoms with Crippen LogP contribution >= 0.6 is 0 Å². The molecule has 3 rings (SSSR count). The summed E-state index contributed by atoms with van der Waals surface area (Å²) in [5.41, 5.74) is 1.28. The number of carbonyl (C=O) groups is 2. The molecule has 142 valence electrons. The molecule has 0 spiro atoms. The number of carbonyl (C=O) groups excluding carboxylic acids is 2. The van der Waals surface area contributed by atoms with E-state index in [9.17, 15) is 9.59 Å². The lowest BCUT2D eigenvalue weighted by molar-refractivity contribution is 0.0527. The van der Waals surface area contributed by atoms with E-state index in [4.69, 9.17) is 9.47 Å². The second kappa shape index (κ2) is 9.09. The third kappa shape index (κ3) is 5.01. The average molecular weight is 370 g/mol. The van der Waals surface area contributed by atoms with Gasteiger partial charge < -0.3 is 20.1 Å². The van der Waals surface area contributed by atoms with Crippen LogP contribution in [-0.4, -0.2) is 47.7 Å². The van der Waals surface area contributed by atoms with E-state index in [1.54, 1.807) is 31.2 Å². The Labute approximate surface area is 157 Å². The van der Waals surface area contributed by atoms with Crippen LogP contribution in [0.15, 0.2) is 36.7 Å². The number of nitrogens with one attached hydrogen (secondary N) is 2. The van der Waals surface area contributed by atoms with Crippen LogP contribution in [0.1, 0.15) is 40.5 Å². The molecule has 27 heavy (non-hydrogen) atoms. The molecule has 2 N–H and O–H groups in total. The molecule has 1 saturated heterocycles. The summed E-state index contributed by atoms with van der Waals surface area (Å²) in [6.45, 7) is 3.27. The molecule has 1 unspecified atom stereocenters. The van der Waals surface area contributed by atoms with Crippen LogP contribution in [0.4, 0.5) is 11.6 Å². The van der Waals surface area contributed by atoms with Crippen molar-refractivity contribution in [2.24, 2.45) is 0 Å². The van der Waals surface area contributed by atoms with Gasteiger partial charge >= 0.3 is 5.97 Å². The molecule has 0 saturated carbocycles. The Bertz CT molecular complexity index is 789. The second-order valence-corrected chi connectivity index (χ2v) is 6.03. The van der Waals surface area contributed by atoms with E-state index < -0.39 is 5.97 Å². The quantitative estimate of drug-likeness (QED) is 0.721. The molecule has 1 aliphatic heterocycles. The molecule has 8 nitrogen and oxygen atoms in total. The molecular formula is C19H22N4O4.